The lowest BCUT2D eigenvalue weighted by Gasteiger charge is -2.17. The summed E-state index contributed by atoms with van der Waals surface area (Å²) < 4.78 is 17.5. The highest BCUT2D eigenvalue weighted by Gasteiger charge is 2.19. The van der Waals surface area contributed by atoms with Crippen molar-refractivity contribution in [3.8, 4) is 11.5 Å². The molecule has 0 radical (unpaired) electrons. The standard InChI is InChI=1S/C15H16BrNO3/c1-17-14(11-5-8-20-15(11)16)10-3-4-12-13(9-10)19-7-2-6-18-12/h3-5,8-9,14,17H,2,6-7H2,1H3. The molecule has 0 saturated heterocycles. The fourth-order valence-corrected chi connectivity index (χ4v) is 2.84. The molecule has 20 heavy (non-hydrogen) atoms. The maximum absolute atomic E-state index is 5.74. The number of hydrogen-bond acceptors (Lipinski definition) is 4. The van der Waals surface area contributed by atoms with Gasteiger partial charge >= 0.3 is 0 Å². The predicted molar refractivity (Wildman–Crippen MR) is 79.4 cm³/mol. The number of rotatable bonds is 3. The van der Waals surface area contributed by atoms with E-state index in [-0.39, 0.29) is 6.04 Å². The second-order valence-electron chi connectivity index (χ2n) is 4.63. The molecule has 1 N–H and O–H groups in total. The lowest BCUT2D eigenvalue weighted by atomic mass is 10.0. The maximum atomic E-state index is 5.74. The highest BCUT2D eigenvalue weighted by Crippen LogP contribution is 2.35. The Balaban J connectivity index is 1.96. The van der Waals surface area contributed by atoms with Gasteiger partial charge in [-0.1, -0.05) is 6.07 Å². The molecule has 0 bridgehead atoms. The summed E-state index contributed by atoms with van der Waals surface area (Å²) in [6.07, 6.45) is 2.58. The molecule has 1 aliphatic heterocycles. The highest BCUT2D eigenvalue weighted by atomic mass is 79.9. The Labute approximate surface area is 126 Å². The van der Waals surface area contributed by atoms with Crippen molar-refractivity contribution >= 4 is 15.9 Å². The molecule has 3 rings (SSSR count). The van der Waals surface area contributed by atoms with Crippen molar-refractivity contribution in [1.82, 2.24) is 5.32 Å². The summed E-state index contributed by atoms with van der Waals surface area (Å²) in [6, 6.07) is 8.04. The van der Waals surface area contributed by atoms with Gasteiger partial charge in [-0.25, -0.2) is 0 Å². The van der Waals surface area contributed by atoms with E-state index in [4.69, 9.17) is 13.9 Å². The fourth-order valence-electron chi connectivity index (χ4n) is 2.37. The smallest absolute Gasteiger partial charge is 0.174 e. The van der Waals surface area contributed by atoms with Crippen molar-refractivity contribution in [2.75, 3.05) is 20.3 Å². The third kappa shape index (κ3) is 2.55. The zero-order chi connectivity index (χ0) is 13.9. The van der Waals surface area contributed by atoms with E-state index < -0.39 is 0 Å². The minimum absolute atomic E-state index is 0.0419. The topological polar surface area (TPSA) is 43.6 Å². The molecule has 1 atom stereocenters. The highest BCUT2D eigenvalue weighted by molar-refractivity contribution is 9.10. The Morgan fingerprint density at radius 2 is 1.95 bits per heavy atom. The van der Waals surface area contributed by atoms with Gasteiger partial charge in [0.05, 0.1) is 25.5 Å². The van der Waals surface area contributed by atoms with E-state index in [0.29, 0.717) is 13.2 Å². The summed E-state index contributed by atoms with van der Waals surface area (Å²) >= 11 is 3.43. The molecule has 1 aromatic heterocycles. The number of hydrogen-bond donors (Lipinski definition) is 1. The van der Waals surface area contributed by atoms with Crippen molar-refractivity contribution in [2.45, 2.75) is 12.5 Å². The van der Waals surface area contributed by atoms with Crippen LogP contribution in [0.25, 0.3) is 0 Å². The molecule has 5 heteroatoms. The van der Waals surface area contributed by atoms with E-state index in [1.165, 1.54) is 0 Å². The second-order valence-corrected chi connectivity index (χ2v) is 5.35. The van der Waals surface area contributed by atoms with Crippen LogP contribution in [0.15, 0.2) is 39.6 Å². The van der Waals surface area contributed by atoms with Crippen LogP contribution in [0, 0.1) is 0 Å². The van der Waals surface area contributed by atoms with Gasteiger partial charge in [0.15, 0.2) is 16.2 Å². The molecule has 4 nitrogen and oxygen atoms in total. The lowest BCUT2D eigenvalue weighted by Crippen LogP contribution is -2.17. The zero-order valence-corrected chi connectivity index (χ0v) is 12.8. The lowest BCUT2D eigenvalue weighted by molar-refractivity contribution is 0.297. The van der Waals surface area contributed by atoms with Gasteiger partial charge in [0, 0.05) is 12.0 Å². The minimum atomic E-state index is 0.0419. The summed E-state index contributed by atoms with van der Waals surface area (Å²) in [6.45, 7) is 1.39. The number of benzene rings is 1. The molecule has 2 aromatic rings. The van der Waals surface area contributed by atoms with Gasteiger partial charge in [-0.2, -0.15) is 0 Å². The Bertz CT molecular complexity index is 597. The quantitative estimate of drug-likeness (QED) is 0.930. The van der Waals surface area contributed by atoms with Crippen LogP contribution in [0.3, 0.4) is 0 Å². The van der Waals surface area contributed by atoms with E-state index in [0.717, 1.165) is 33.7 Å². The first kappa shape index (κ1) is 13.5. The molecule has 0 amide bonds. The van der Waals surface area contributed by atoms with Crippen LogP contribution in [0.5, 0.6) is 11.5 Å². The van der Waals surface area contributed by atoms with Crippen LogP contribution in [-0.4, -0.2) is 20.3 Å². The Hall–Kier alpha value is -1.46. The van der Waals surface area contributed by atoms with Crippen molar-refractivity contribution in [1.29, 1.82) is 0 Å². The number of fused-ring (bicyclic) bond motifs is 1. The molecule has 0 spiro atoms. The number of furan rings is 1. The first-order valence-corrected chi connectivity index (χ1v) is 7.38. The van der Waals surface area contributed by atoms with Gasteiger partial charge in [-0.05, 0) is 46.7 Å². The first-order chi connectivity index (χ1) is 9.79. The molecule has 0 fully saturated rings. The van der Waals surface area contributed by atoms with Crippen molar-refractivity contribution in [2.24, 2.45) is 0 Å². The van der Waals surface area contributed by atoms with Gasteiger partial charge in [-0.15, -0.1) is 0 Å². The van der Waals surface area contributed by atoms with Crippen LogP contribution in [0.2, 0.25) is 0 Å². The van der Waals surface area contributed by atoms with Crippen LogP contribution in [0.4, 0.5) is 0 Å². The van der Waals surface area contributed by atoms with Gasteiger partial charge in [0.2, 0.25) is 0 Å². The second kappa shape index (κ2) is 5.89. The Morgan fingerprint density at radius 1 is 1.15 bits per heavy atom. The molecule has 2 heterocycles. The largest absolute Gasteiger partial charge is 0.490 e. The van der Waals surface area contributed by atoms with Crippen molar-refractivity contribution < 1.29 is 13.9 Å². The third-order valence-corrected chi connectivity index (χ3v) is 4.00. The summed E-state index contributed by atoms with van der Waals surface area (Å²) in [5.41, 5.74) is 2.17. The van der Waals surface area contributed by atoms with Gasteiger partial charge < -0.3 is 19.2 Å². The molecule has 106 valence electrons. The van der Waals surface area contributed by atoms with E-state index in [2.05, 4.69) is 21.2 Å². The average molecular weight is 338 g/mol. The third-order valence-electron chi connectivity index (χ3n) is 3.35. The van der Waals surface area contributed by atoms with E-state index >= 15 is 0 Å². The molecule has 0 saturated carbocycles. The summed E-state index contributed by atoms with van der Waals surface area (Å²) in [4.78, 5) is 0. The average Bonchev–Trinajstić information content (AvgIpc) is 2.75. The SMILES string of the molecule is CNC(c1ccc2c(c1)OCCCO2)c1ccoc1Br. The predicted octanol–water partition coefficient (Wildman–Crippen LogP) is 3.51. The summed E-state index contributed by atoms with van der Waals surface area (Å²) in [7, 11) is 1.92. The number of nitrogens with one attached hydrogen (secondary N) is 1. The monoisotopic (exact) mass is 337 g/mol. The normalized spacial score (nSPS) is 15.7. The van der Waals surface area contributed by atoms with Crippen LogP contribution in [0.1, 0.15) is 23.6 Å². The molecule has 1 aromatic carbocycles. The summed E-state index contributed by atoms with van der Waals surface area (Å²) in [5, 5.41) is 3.30. The zero-order valence-electron chi connectivity index (χ0n) is 11.2. The van der Waals surface area contributed by atoms with E-state index in [9.17, 15) is 0 Å². The van der Waals surface area contributed by atoms with Crippen LogP contribution in [-0.2, 0) is 0 Å². The Kier molecular flexibility index (Phi) is 3.98. The van der Waals surface area contributed by atoms with Crippen molar-refractivity contribution in [3.63, 3.8) is 0 Å². The van der Waals surface area contributed by atoms with Gasteiger partial charge in [-0.3, -0.25) is 0 Å². The summed E-state index contributed by atoms with van der Waals surface area (Å²) in [5.74, 6) is 1.62. The van der Waals surface area contributed by atoms with Gasteiger partial charge in [0.25, 0.3) is 0 Å². The number of ether oxygens (including phenoxy) is 2. The van der Waals surface area contributed by atoms with Crippen molar-refractivity contribution in [3.05, 3.63) is 46.3 Å². The molecular formula is C15H16BrNO3. The van der Waals surface area contributed by atoms with Crippen LogP contribution >= 0.6 is 15.9 Å². The molecule has 1 unspecified atom stereocenters. The maximum Gasteiger partial charge on any atom is 0.174 e. The van der Waals surface area contributed by atoms with Crippen LogP contribution < -0.4 is 14.8 Å². The van der Waals surface area contributed by atoms with E-state index in [1.54, 1.807) is 6.26 Å². The Morgan fingerprint density at radius 3 is 2.65 bits per heavy atom. The van der Waals surface area contributed by atoms with Gasteiger partial charge in [0.1, 0.15) is 0 Å². The first-order valence-electron chi connectivity index (χ1n) is 6.59. The fraction of sp³-hybridized carbons (Fsp3) is 0.333. The number of halogens is 1. The molecule has 0 aliphatic carbocycles. The molecule has 1 aliphatic rings. The minimum Gasteiger partial charge on any atom is -0.490 e. The van der Waals surface area contributed by atoms with E-state index in [1.807, 2.05) is 31.3 Å². The molecular weight excluding hydrogens is 322 g/mol.